The van der Waals surface area contributed by atoms with Gasteiger partial charge in [-0.05, 0) is 30.7 Å². The van der Waals surface area contributed by atoms with Gasteiger partial charge in [-0.3, -0.25) is 19.7 Å². The Labute approximate surface area is 320 Å². The molecule has 13 nitrogen and oxygen atoms in total. The van der Waals surface area contributed by atoms with Gasteiger partial charge in [0.1, 0.15) is 17.3 Å². The highest BCUT2D eigenvalue weighted by Gasteiger charge is 2.31. The number of sulfonamides is 1. The normalized spacial score (nSPS) is 11.9. The molecule has 54 heavy (non-hydrogen) atoms. The molecule has 1 aromatic heterocycles. The van der Waals surface area contributed by atoms with Gasteiger partial charge in [-0.25, -0.2) is 13.6 Å². The van der Waals surface area contributed by atoms with Crippen LogP contribution in [0.2, 0.25) is 0 Å². The molecule has 1 heterocycles. The number of nitrogens with zero attached hydrogens (tertiary/aromatic N) is 3. The van der Waals surface area contributed by atoms with Crippen molar-refractivity contribution in [1.82, 2.24) is 9.64 Å². The van der Waals surface area contributed by atoms with Gasteiger partial charge in [0, 0.05) is 36.7 Å². The summed E-state index contributed by atoms with van der Waals surface area (Å²) in [4.78, 5) is 39.9. The molecule has 300 valence electrons. The zero-order valence-corrected chi connectivity index (χ0v) is 33.7. The standard InChI is InChI=1S/C40H61N5O8S/c1-6-7-8-9-10-11-12-13-14-15-16-17-18-19-20-21-26-43(5)38(46)30-22-24-34(35(27-30)45(48)49)44-39(47)32(37(53-44)40(2,3)4)29-52-31-23-25-36(33(41)28-31)54(42,50)51/h22-25,27-28H,6-21,26,29,41H2,1-5H3,(H2,42,50,51). The first-order chi connectivity index (χ1) is 25.6. The number of primary sulfonamides is 1. The van der Waals surface area contributed by atoms with Gasteiger partial charge >= 0.3 is 0 Å². The van der Waals surface area contributed by atoms with E-state index in [-0.39, 0.29) is 51.4 Å². The molecule has 3 rings (SSSR count). The van der Waals surface area contributed by atoms with E-state index < -0.39 is 31.6 Å². The SMILES string of the molecule is CCCCCCCCCCCCCCCCCCN(C)C(=O)c1ccc(-n2oc(C(C)(C)C)c(COc3ccc(S(N)(=O)=O)c(N)c3)c2=O)c([N+](=O)[O-])c1. The van der Waals surface area contributed by atoms with E-state index in [1.54, 1.807) is 11.9 Å². The predicted molar refractivity (Wildman–Crippen MR) is 213 cm³/mol. The van der Waals surface area contributed by atoms with Crippen molar-refractivity contribution in [2.45, 2.75) is 147 Å². The van der Waals surface area contributed by atoms with Crippen LogP contribution in [0.3, 0.4) is 0 Å². The summed E-state index contributed by atoms with van der Waals surface area (Å²) in [6.45, 7) is 7.91. The lowest BCUT2D eigenvalue weighted by Crippen LogP contribution is -2.28. The van der Waals surface area contributed by atoms with Gasteiger partial charge in [0.05, 0.1) is 16.2 Å². The second-order valence-electron chi connectivity index (χ2n) is 15.3. The quantitative estimate of drug-likeness (QED) is 0.0387. The van der Waals surface area contributed by atoms with Crippen LogP contribution >= 0.6 is 0 Å². The molecule has 0 aliphatic rings. The smallest absolute Gasteiger partial charge is 0.297 e. The predicted octanol–water partition coefficient (Wildman–Crippen LogP) is 8.78. The number of nitro benzene ring substituents is 1. The van der Waals surface area contributed by atoms with Crippen LogP contribution in [-0.2, 0) is 22.0 Å². The molecule has 4 N–H and O–H groups in total. The number of hydrogen-bond donors (Lipinski definition) is 2. The fraction of sp³-hybridized carbons (Fsp3) is 0.600. The number of unbranched alkanes of at least 4 members (excludes halogenated alkanes) is 15. The Morgan fingerprint density at radius 1 is 0.889 bits per heavy atom. The molecule has 0 unspecified atom stereocenters. The van der Waals surface area contributed by atoms with E-state index in [0.717, 1.165) is 24.0 Å². The van der Waals surface area contributed by atoms with Crippen molar-refractivity contribution in [2.75, 3.05) is 19.3 Å². The summed E-state index contributed by atoms with van der Waals surface area (Å²) >= 11 is 0. The van der Waals surface area contributed by atoms with Gasteiger partial charge in [0.2, 0.25) is 10.0 Å². The van der Waals surface area contributed by atoms with Crippen LogP contribution in [0.5, 0.6) is 5.75 Å². The molecule has 0 atom stereocenters. The number of carbonyl (C=O) groups excluding carboxylic acids is 1. The van der Waals surface area contributed by atoms with Crippen molar-refractivity contribution in [3.8, 4) is 11.4 Å². The highest BCUT2D eigenvalue weighted by Crippen LogP contribution is 2.31. The first-order valence-electron chi connectivity index (χ1n) is 19.4. The second-order valence-corrected chi connectivity index (χ2v) is 16.8. The van der Waals surface area contributed by atoms with Crippen LogP contribution in [0.4, 0.5) is 11.4 Å². The Morgan fingerprint density at radius 2 is 1.43 bits per heavy atom. The van der Waals surface area contributed by atoms with E-state index in [4.69, 9.17) is 20.1 Å². The number of rotatable bonds is 24. The number of nitrogens with two attached hydrogens (primary N) is 2. The van der Waals surface area contributed by atoms with E-state index >= 15 is 0 Å². The highest BCUT2D eigenvalue weighted by atomic mass is 32.2. The maximum atomic E-state index is 13.7. The molecule has 0 saturated heterocycles. The van der Waals surface area contributed by atoms with E-state index in [0.29, 0.717) is 6.54 Å². The maximum Gasteiger partial charge on any atom is 0.297 e. The summed E-state index contributed by atoms with van der Waals surface area (Å²) in [5.41, 5.74) is 3.95. The number of anilines is 1. The van der Waals surface area contributed by atoms with Gasteiger partial charge in [-0.1, -0.05) is 124 Å². The van der Waals surface area contributed by atoms with Crippen LogP contribution in [0.15, 0.2) is 50.6 Å². The van der Waals surface area contributed by atoms with Gasteiger partial charge in [0.25, 0.3) is 17.2 Å². The van der Waals surface area contributed by atoms with Crippen molar-refractivity contribution in [2.24, 2.45) is 5.14 Å². The molecule has 14 heteroatoms. The van der Waals surface area contributed by atoms with Crippen LogP contribution in [0, 0.1) is 10.1 Å². The molecule has 0 aliphatic carbocycles. The monoisotopic (exact) mass is 771 g/mol. The minimum absolute atomic E-state index is 0.101. The van der Waals surface area contributed by atoms with Gasteiger partial charge < -0.3 is 19.9 Å². The average molecular weight is 772 g/mol. The molecule has 0 fully saturated rings. The minimum Gasteiger partial charge on any atom is -0.488 e. The number of ether oxygens (including phenoxy) is 1. The topological polar surface area (TPSA) is 194 Å². The molecular weight excluding hydrogens is 711 g/mol. The lowest BCUT2D eigenvalue weighted by molar-refractivity contribution is -0.384. The van der Waals surface area contributed by atoms with E-state index in [1.807, 2.05) is 20.8 Å². The van der Waals surface area contributed by atoms with Gasteiger partial charge in [-0.15, -0.1) is 4.74 Å². The molecule has 0 spiro atoms. The van der Waals surface area contributed by atoms with Crippen LogP contribution < -0.4 is 21.2 Å². The molecular formula is C40H61N5O8S. The van der Waals surface area contributed by atoms with Gasteiger partial charge in [-0.2, -0.15) is 0 Å². The van der Waals surface area contributed by atoms with Crippen molar-refractivity contribution >= 4 is 27.3 Å². The zero-order chi connectivity index (χ0) is 39.9. The molecule has 3 aromatic rings. The van der Waals surface area contributed by atoms with Gasteiger partial charge in [0.15, 0.2) is 11.4 Å². The third-order valence-corrected chi connectivity index (χ3v) is 10.6. The largest absolute Gasteiger partial charge is 0.488 e. The Hall–Kier alpha value is -4.17. The van der Waals surface area contributed by atoms with E-state index in [9.17, 15) is 28.1 Å². The van der Waals surface area contributed by atoms with Crippen molar-refractivity contribution in [3.63, 3.8) is 0 Å². The van der Waals surface area contributed by atoms with Crippen molar-refractivity contribution in [1.29, 1.82) is 0 Å². The fourth-order valence-electron chi connectivity index (χ4n) is 6.51. The maximum absolute atomic E-state index is 13.7. The zero-order valence-electron chi connectivity index (χ0n) is 32.9. The number of nitro groups is 1. The summed E-state index contributed by atoms with van der Waals surface area (Å²) in [6, 6.07) is 7.77. The lowest BCUT2D eigenvalue weighted by atomic mass is 9.91. The Bertz CT molecular complexity index is 1850. The number of benzene rings is 2. The average Bonchev–Trinajstić information content (AvgIpc) is 3.45. The molecule has 0 bridgehead atoms. The Kier molecular flexibility index (Phi) is 17.2. The van der Waals surface area contributed by atoms with Crippen LogP contribution in [-0.4, -0.2) is 42.5 Å². The van der Waals surface area contributed by atoms with Crippen molar-refractivity contribution in [3.05, 3.63) is 73.8 Å². The molecule has 1 amide bonds. The summed E-state index contributed by atoms with van der Waals surface area (Å²) in [6.07, 6.45) is 20.2. The number of nitrogen functional groups attached to an aromatic ring is 1. The fourth-order valence-corrected chi connectivity index (χ4v) is 7.15. The molecule has 0 aliphatic heterocycles. The summed E-state index contributed by atoms with van der Waals surface area (Å²) in [5.74, 6) is 0.0497. The summed E-state index contributed by atoms with van der Waals surface area (Å²) in [5, 5.41) is 17.4. The van der Waals surface area contributed by atoms with Crippen molar-refractivity contribution < 1.29 is 27.4 Å². The number of aromatic nitrogens is 1. The number of carbonyl (C=O) groups is 1. The second kappa shape index (κ2) is 21.1. The first kappa shape index (κ1) is 44.2. The Morgan fingerprint density at radius 3 is 1.91 bits per heavy atom. The molecule has 2 aromatic carbocycles. The highest BCUT2D eigenvalue weighted by molar-refractivity contribution is 7.89. The molecule has 0 saturated carbocycles. The third kappa shape index (κ3) is 13.3. The van der Waals surface area contributed by atoms with Crippen LogP contribution in [0.25, 0.3) is 5.69 Å². The van der Waals surface area contributed by atoms with E-state index in [2.05, 4.69) is 6.92 Å². The minimum atomic E-state index is -4.04. The third-order valence-electron chi connectivity index (χ3n) is 9.58. The lowest BCUT2D eigenvalue weighted by Gasteiger charge is -2.17. The number of hydrogen-bond acceptors (Lipinski definition) is 9. The molecule has 0 radical (unpaired) electrons. The summed E-state index contributed by atoms with van der Waals surface area (Å²) in [7, 11) is -2.36. The summed E-state index contributed by atoms with van der Waals surface area (Å²) < 4.78 is 36.0. The Balaban J connectivity index is 1.56. The number of amides is 1. The first-order valence-corrected chi connectivity index (χ1v) is 21.0. The van der Waals surface area contributed by atoms with E-state index in [1.165, 1.54) is 120 Å². The van der Waals surface area contributed by atoms with Crippen LogP contribution in [0.1, 0.15) is 152 Å².